The van der Waals surface area contributed by atoms with Crippen molar-refractivity contribution in [3.8, 4) is 17.6 Å². The topological polar surface area (TPSA) is 237 Å². The number of aromatic nitrogens is 4. The number of alkyl halides is 1. The minimum atomic E-state index is -4.12. The molecule has 0 aliphatic carbocycles. The van der Waals surface area contributed by atoms with E-state index >= 15 is 4.39 Å². The number of benzene rings is 3. The van der Waals surface area contributed by atoms with Crippen LogP contribution < -0.4 is 32.0 Å². The first-order valence-corrected chi connectivity index (χ1v) is 22.6. The van der Waals surface area contributed by atoms with Crippen molar-refractivity contribution in [3.05, 3.63) is 162 Å². The zero-order chi connectivity index (χ0) is 46.3. The van der Waals surface area contributed by atoms with E-state index in [1.807, 2.05) is 65.7 Å². The number of H-pyrrole nitrogens is 2. The predicted molar refractivity (Wildman–Crippen MR) is 232 cm³/mol. The molecule has 3 N–H and O–H groups in total. The van der Waals surface area contributed by atoms with Gasteiger partial charge in [0, 0.05) is 31.6 Å². The molecule has 19 nitrogen and oxygen atoms in total. The zero-order valence-electron chi connectivity index (χ0n) is 35.1. The Bertz CT molecular complexity index is 2680. The lowest BCUT2D eigenvalue weighted by molar-refractivity contribution is -0.0965. The monoisotopic (exact) mass is 937 g/mol. The van der Waals surface area contributed by atoms with Gasteiger partial charge in [-0.15, -0.1) is 0 Å². The van der Waals surface area contributed by atoms with Crippen LogP contribution in [0.15, 0.2) is 123 Å². The van der Waals surface area contributed by atoms with Crippen molar-refractivity contribution in [3.63, 3.8) is 0 Å². The van der Waals surface area contributed by atoms with E-state index in [0.29, 0.717) is 28.2 Å². The molecule has 0 saturated carbocycles. The lowest BCUT2D eigenvalue weighted by Gasteiger charge is -2.37. The van der Waals surface area contributed by atoms with Crippen LogP contribution in [0.5, 0.6) is 11.5 Å². The van der Waals surface area contributed by atoms with Gasteiger partial charge in [0.2, 0.25) is 0 Å². The first-order valence-electron chi connectivity index (χ1n) is 20.1. The Morgan fingerprint density at radius 2 is 1.29 bits per heavy atom. The van der Waals surface area contributed by atoms with Gasteiger partial charge in [-0.25, -0.2) is 14.0 Å². The fourth-order valence-corrected chi connectivity index (χ4v) is 9.76. The highest BCUT2D eigenvalue weighted by atomic mass is 32.5. The van der Waals surface area contributed by atoms with Crippen LogP contribution in [0, 0.1) is 11.3 Å². The van der Waals surface area contributed by atoms with Gasteiger partial charge in [-0.3, -0.25) is 33.2 Å². The molecular weight excluding hydrogens is 893 g/mol. The number of aliphatic hydroxyl groups excluding tert-OH is 1. The Morgan fingerprint density at radius 3 is 1.82 bits per heavy atom. The summed E-state index contributed by atoms with van der Waals surface area (Å²) in [4.78, 5) is 53.8. The number of hydrogen-bond acceptors (Lipinski definition) is 16. The zero-order valence-corrected chi connectivity index (χ0v) is 36.8. The van der Waals surface area contributed by atoms with E-state index in [-0.39, 0.29) is 19.6 Å². The Morgan fingerprint density at radius 1 is 0.754 bits per heavy atom. The van der Waals surface area contributed by atoms with Gasteiger partial charge in [-0.05, 0) is 52.8 Å². The van der Waals surface area contributed by atoms with Crippen molar-refractivity contribution < 1.29 is 51.5 Å². The van der Waals surface area contributed by atoms with Crippen LogP contribution in [0.2, 0.25) is 0 Å². The third-order valence-electron chi connectivity index (χ3n) is 10.9. The fourth-order valence-electron chi connectivity index (χ4n) is 7.66. The minimum absolute atomic E-state index is 0.155. The highest BCUT2D eigenvalue weighted by molar-refractivity contribution is 8.07. The van der Waals surface area contributed by atoms with Gasteiger partial charge in [-0.2, -0.15) is 5.26 Å². The molecular formula is C43H45FN5O14PS. The Kier molecular flexibility index (Phi) is 15.1. The third kappa shape index (κ3) is 10.1. The summed E-state index contributed by atoms with van der Waals surface area (Å²) in [6.07, 6.45) is -9.92. The van der Waals surface area contributed by atoms with Crippen molar-refractivity contribution in [2.24, 2.45) is 0 Å². The molecule has 0 amide bonds. The highest BCUT2D eigenvalue weighted by Gasteiger charge is 2.52. The molecule has 5 aromatic rings. The average Bonchev–Trinajstić information content (AvgIpc) is 3.80. The number of methoxy groups -OCH3 is 3. The Labute approximate surface area is 375 Å². The molecule has 2 fully saturated rings. The standard InChI is InChI=1S/C43H45FN5O14PS/c1-55-29-14-10-27(11-15-29)43(26-8-5-4-6-9-26,28-12-16-30(56-2)17-13-28)58-24-32-37(38(57-3)40(62-32)49-22-19-34(51)47-42(49)54)63-64(65,59-23-7-20-45)60-25-31-36(52)35(44)39(61-31)48-21-18-33(50)46-41(48)53/h4-6,8-19,21-22,31-32,35-40,52H,7,23-25H2,1-3H3,(H,46,50,53)(H,47,51,54)/t31-,32-,35?,36?,37?,38?,39-,40-,64?/m1/s1. The molecule has 9 atom stereocenters. The van der Waals surface area contributed by atoms with Crippen LogP contribution in [-0.2, 0) is 49.9 Å². The van der Waals surface area contributed by atoms with E-state index in [9.17, 15) is 29.5 Å². The summed E-state index contributed by atoms with van der Waals surface area (Å²) in [6, 6.07) is 28.1. The van der Waals surface area contributed by atoms with Crippen molar-refractivity contribution >= 4 is 18.5 Å². The SMILES string of the molecule is COc1ccc(C(OC[C@H]2O[C@@H](n3ccc(=O)[nH]c3=O)C(OC)C2OP(=S)(OCCC#N)OC[C@H]2O[C@@H](n3ccc(=O)[nH]c3=O)C(F)C2O)(c2ccccc2)c2ccc(OC)cc2)cc1. The molecule has 344 valence electrons. The molecule has 2 saturated heterocycles. The lowest BCUT2D eigenvalue weighted by Crippen LogP contribution is -2.42. The summed E-state index contributed by atoms with van der Waals surface area (Å²) in [7, 11) is 4.44. The van der Waals surface area contributed by atoms with E-state index in [2.05, 4.69) is 4.98 Å². The summed E-state index contributed by atoms with van der Waals surface area (Å²) in [5, 5.41) is 20.3. The molecule has 65 heavy (non-hydrogen) atoms. The van der Waals surface area contributed by atoms with Crippen molar-refractivity contribution in [2.45, 2.75) is 61.2 Å². The maximum atomic E-state index is 15.5. The number of halogens is 1. The number of nitriles is 1. The second-order valence-corrected chi connectivity index (χ2v) is 17.6. The molecule has 2 aromatic heterocycles. The molecule has 2 aliphatic rings. The molecule has 0 bridgehead atoms. The summed E-state index contributed by atoms with van der Waals surface area (Å²) < 4.78 is 72.4. The van der Waals surface area contributed by atoms with Crippen LogP contribution in [0.1, 0.15) is 35.6 Å². The van der Waals surface area contributed by atoms with Crippen molar-refractivity contribution in [1.29, 1.82) is 5.26 Å². The fraction of sp³-hybridized carbons (Fsp3) is 0.372. The number of ether oxygens (including phenoxy) is 6. The molecule has 0 radical (unpaired) electrons. The van der Waals surface area contributed by atoms with Gasteiger partial charge in [0.25, 0.3) is 11.1 Å². The van der Waals surface area contributed by atoms with Crippen LogP contribution in [0.25, 0.3) is 0 Å². The predicted octanol–water partition coefficient (Wildman–Crippen LogP) is 3.18. The molecule has 7 rings (SSSR count). The molecule has 22 heteroatoms. The van der Waals surface area contributed by atoms with Crippen molar-refractivity contribution in [2.75, 3.05) is 41.2 Å². The number of nitrogens with one attached hydrogen (secondary N) is 2. The number of aromatic amines is 2. The first-order chi connectivity index (χ1) is 31.3. The summed E-state index contributed by atoms with van der Waals surface area (Å²) in [5.74, 6) is 1.19. The molecule has 3 aromatic carbocycles. The Balaban J connectivity index is 1.27. The number of rotatable bonds is 19. The van der Waals surface area contributed by atoms with E-state index < -0.39 is 90.6 Å². The van der Waals surface area contributed by atoms with E-state index in [1.165, 1.54) is 13.3 Å². The quantitative estimate of drug-likeness (QED) is 0.0613. The number of nitrogens with zero attached hydrogens (tertiary/aromatic N) is 3. The second-order valence-electron chi connectivity index (χ2n) is 14.7. The Hall–Kier alpha value is -5.63. The maximum Gasteiger partial charge on any atom is 0.330 e. The molecule has 4 heterocycles. The van der Waals surface area contributed by atoms with Crippen LogP contribution in [-0.4, -0.2) is 102 Å². The smallest absolute Gasteiger partial charge is 0.330 e. The highest BCUT2D eigenvalue weighted by Crippen LogP contribution is 2.55. The third-order valence-corrected chi connectivity index (χ3v) is 13.2. The van der Waals surface area contributed by atoms with Crippen molar-refractivity contribution in [1.82, 2.24) is 19.1 Å². The minimum Gasteiger partial charge on any atom is -0.497 e. The largest absolute Gasteiger partial charge is 0.497 e. The van der Waals surface area contributed by atoms with E-state index in [4.69, 9.17) is 53.8 Å². The van der Waals surface area contributed by atoms with Crippen LogP contribution in [0.4, 0.5) is 4.39 Å². The average molecular weight is 938 g/mol. The first kappa shape index (κ1) is 47.3. The van der Waals surface area contributed by atoms with Gasteiger partial charge in [0.15, 0.2) is 18.6 Å². The second kappa shape index (κ2) is 20.7. The van der Waals surface area contributed by atoms with Crippen LogP contribution >= 0.6 is 6.72 Å². The van der Waals surface area contributed by atoms with Gasteiger partial charge >= 0.3 is 18.1 Å². The van der Waals surface area contributed by atoms with E-state index in [0.717, 1.165) is 27.5 Å². The number of aliphatic hydroxyl groups is 1. The maximum absolute atomic E-state index is 15.5. The summed E-state index contributed by atoms with van der Waals surface area (Å²) >= 11 is 5.92. The van der Waals surface area contributed by atoms with Crippen LogP contribution in [0.3, 0.4) is 0 Å². The van der Waals surface area contributed by atoms with Gasteiger partial charge in [0.1, 0.15) is 47.6 Å². The summed E-state index contributed by atoms with van der Waals surface area (Å²) in [5.41, 5.74) is -2.49. The molecule has 5 unspecified atom stereocenters. The van der Waals surface area contributed by atoms with Gasteiger partial charge in [-0.1, -0.05) is 54.6 Å². The summed E-state index contributed by atoms with van der Waals surface area (Å²) in [6.45, 7) is -5.35. The molecule has 2 aliphatic heterocycles. The molecule has 0 spiro atoms. The van der Waals surface area contributed by atoms with E-state index in [1.54, 1.807) is 38.5 Å². The number of hydrogen-bond donors (Lipinski definition) is 3. The van der Waals surface area contributed by atoms with Gasteiger partial charge in [0.05, 0.1) is 46.5 Å². The normalized spacial score (nSPS) is 24.0. The van der Waals surface area contributed by atoms with Gasteiger partial charge < -0.3 is 42.6 Å². The lowest BCUT2D eigenvalue weighted by atomic mass is 9.80.